The smallest absolute Gasteiger partial charge is 0.150 e. The Morgan fingerprint density at radius 2 is 1.20 bits per heavy atom. The molecule has 4 heteroatoms. The lowest BCUT2D eigenvalue weighted by Gasteiger charge is -2.27. The van der Waals surface area contributed by atoms with Gasteiger partial charge in [-0.05, 0) is 23.3 Å². The first-order valence-electron chi connectivity index (χ1n) is 7.94. The van der Waals surface area contributed by atoms with Gasteiger partial charge in [0.25, 0.3) is 0 Å². The van der Waals surface area contributed by atoms with E-state index in [-0.39, 0.29) is 0 Å². The molecule has 0 aliphatic heterocycles. The Hall–Kier alpha value is -2.29. The van der Waals surface area contributed by atoms with E-state index in [1.807, 2.05) is 36.4 Å². The molecule has 0 unspecified atom stereocenters. The van der Waals surface area contributed by atoms with Crippen molar-refractivity contribution in [2.45, 2.75) is 13.1 Å². The highest BCUT2D eigenvalue weighted by Crippen LogP contribution is 2.36. The van der Waals surface area contributed by atoms with Crippen molar-refractivity contribution >= 4 is 35.2 Å². The number of benzene rings is 3. The minimum atomic E-state index is 0.470. The molecular weight excluding hydrogens is 353 g/mol. The third-order valence-electron chi connectivity index (χ3n) is 3.92. The van der Waals surface area contributed by atoms with Crippen LogP contribution < -0.4 is 4.90 Å². The highest BCUT2D eigenvalue weighted by Gasteiger charge is 2.17. The summed E-state index contributed by atoms with van der Waals surface area (Å²) in [4.78, 5) is 13.2. The molecule has 2 nitrogen and oxygen atoms in total. The summed E-state index contributed by atoms with van der Waals surface area (Å²) in [7, 11) is 0. The third kappa shape index (κ3) is 4.41. The number of halogens is 2. The van der Waals surface area contributed by atoms with Crippen molar-refractivity contribution in [2.75, 3.05) is 4.90 Å². The van der Waals surface area contributed by atoms with Gasteiger partial charge >= 0.3 is 0 Å². The second-order valence-electron chi connectivity index (χ2n) is 5.78. The number of carbonyl (C=O) groups is 1. The summed E-state index contributed by atoms with van der Waals surface area (Å²) >= 11 is 12.9. The first kappa shape index (κ1) is 17.5. The van der Waals surface area contributed by atoms with Gasteiger partial charge in [0.2, 0.25) is 0 Å². The van der Waals surface area contributed by atoms with Gasteiger partial charge in [0, 0.05) is 18.7 Å². The quantitative estimate of drug-likeness (QED) is 0.495. The van der Waals surface area contributed by atoms with Crippen LogP contribution in [-0.4, -0.2) is 6.29 Å². The predicted molar refractivity (Wildman–Crippen MR) is 105 cm³/mol. The lowest BCUT2D eigenvalue weighted by atomic mass is 10.1. The van der Waals surface area contributed by atoms with E-state index in [4.69, 9.17) is 23.2 Å². The zero-order chi connectivity index (χ0) is 17.6. The van der Waals surface area contributed by atoms with Crippen LogP contribution in [0.2, 0.25) is 10.0 Å². The maximum atomic E-state index is 11.0. The summed E-state index contributed by atoms with van der Waals surface area (Å²) in [5.41, 5.74) is 3.52. The summed E-state index contributed by atoms with van der Waals surface area (Å²) in [6, 6.07) is 23.6. The lowest BCUT2D eigenvalue weighted by molar-refractivity contribution is 0.112. The van der Waals surface area contributed by atoms with Crippen LogP contribution in [0.15, 0.2) is 72.8 Å². The van der Waals surface area contributed by atoms with Crippen molar-refractivity contribution in [3.8, 4) is 0 Å². The highest BCUT2D eigenvalue weighted by molar-refractivity contribution is 6.39. The molecule has 0 radical (unpaired) electrons. The molecular formula is C21H17Cl2NO. The number of hydrogen-bond donors (Lipinski definition) is 0. The fourth-order valence-electron chi connectivity index (χ4n) is 2.78. The molecule has 0 fully saturated rings. The number of rotatable bonds is 6. The second-order valence-corrected chi connectivity index (χ2v) is 6.59. The van der Waals surface area contributed by atoms with Crippen LogP contribution in [0.25, 0.3) is 0 Å². The van der Waals surface area contributed by atoms with Crippen LogP contribution >= 0.6 is 23.2 Å². The van der Waals surface area contributed by atoms with Crippen molar-refractivity contribution in [3.05, 3.63) is 99.5 Å². The Labute approximate surface area is 157 Å². The summed E-state index contributed by atoms with van der Waals surface area (Å²) in [6.07, 6.45) is 0.750. The standard InChI is InChI=1S/C21H17Cl2NO/c22-19-11-18(15-25)12-20(23)21(19)24(13-16-7-3-1-4-8-16)14-17-9-5-2-6-10-17/h1-12,15H,13-14H2. The molecule has 25 heavy (non-hydrogen) atoms. The van der Waals surface area contributed by atoms with Gasteiger partial charge in [-0.25, -0.2) is 0 Å². The summed E-state index contributed by atoms with van der Waals surface area (Å²) in [6.45, 7) is 1.32. The van der Waals surface area contributed by atoms with Crippen LogP contribution in [0.3, 0.4) is 0 Å². The average Bonchev–Trinajstić information content (AvgIpc) is 2.62. The van der Waals surface area contributed by atoms with E-state index in [0.29, 0.717) is 28.7 Å². The normalized spacial score (nSPS) is 10.5. The number of carbonyl (C=O) groups excluding carboxylic acids is 1. The maximum Gasteiger partial charge on any atom is 0.150 e. The summed E-state index contributed by atoms with van der Waals surface area (Å²) in [5.74, 6) is 0. The Bertz CT molecular complexity index is 786. The molecule has 0 aliphatic rings. The molecule has 0 saturated carbocycles. The van der Waals surface area contributed by atoms with E-state index >= 15 is 0 Å². The van der Waals surface area contributed by atoms with Gasteiger partial charge in [-0.1, -0.05) is 83.9 Å². The molecule has 0 spiro atoms. The lowest BCUT2D eigenvalue weighted by Crippen LogP contribution is -2.23. The molecule has 3 aromatic rings. The van der Waals surface area contributed by atoms with Crippen molar-refractivity contribution in [1.82, 2.24) is 0 Å². The van der Waals surface area contributed by atoms with E-state index in [9.17, 15) is 4.79 Å². The van der Waals surface area contributed by atoms with E-state index in [0.717, 1.165) is 23.1 Å². The van der Waals surface area contributed by atoms with Gasteiger partial charge < -0.3 is 4.90 Å². The largest absolute Gasteiger partial charge is 0.360 e. The van der Waals surface area contributed by atoms with Crippen molar-refractivity contribution in [3.63, 3.8) is 0 Å². The van der Waals surface area contributed by atoms with Crippen LogP contribution in [0, 0.1) is 0 Å². The van der Waals surface area contributed by atoms with Crippen molar-refractivity contribution in [2.24, 2.45) is 0 Å². The molecule has 0 heterocycles. The minimum Gasteiger partial charge on any atom is -0.360 e. The van der Waals surface area contributed by atoms with Crippen molar-refractivity contribution in [1.29, 1.82) is 0 Å². The molecule has 0 N–H and O–H groups in total. The first-order chi connectivity index (χ1) is 12.2. The fourth-order valence-corrected chi connectivity index (χ4v) is 3.52. The predicted octanol–water partition coefficient (Wildman–Crippen LogP) is 6.01. The Morgan fingerprint density at radius 3 is 1.60 bits per heavy atom. The number of anilines is 1. The third-order valence-corrected chi connectivity index (χ3v) is 4.50. The zero-order valence-electron chi connectivity index (χ0n) is 13.5. The van der Waals surface area contributed by atoms with Gasteiger partial charge in [0.1, 0.15) is 6.29 Å². The molecule has 0 atom stereocenters. The van der Waals surface area contributed by atoms with Crippen LogP contribution in [0.5, 0.6) is 0 Å². The Balaban J connectivity index is 2.00. The topological polar surface area (TPSA) is 20.3 Å². The number of hydrogen-bond acceptors (Lipinski definition) is 2. The SMILES string of the molecule is O=Cc1cc(Cl)c(N(Cc2ccccc2)Cc2ccccc2)c(Cl)c1. The summed E-state index contributed by atoms with van der Waals surface area (Å²) < 4.78 is 0. The van der Waals surface area contributed by atoms with Crippen LogP contribution in [-0.2, 0) is 13.1 Å². The number of nitrogens with zero attached hydrogens (tertiary/aromatic N) is 1. The maximum absolute atomic E-state index is 11.0. The van der Waals surface area contributed by atoms with Crippen LogP contribution in [0.4, 0.5) is 5.69 Å². The minimum absolute atomic E-state index is 0.470. The fraction of sp³-hybridized carbons (Fsp3) is 0.0952. The highest BCUT2D eigenvalue weighted by atomic mass is 35.5. The first-order valence-corrected chi connectivity index (χ1v) is 8.70. The van der Waals surface area contributed by atoms with E-state index in [1.54, 1.807) is 12.1 Å². The molecule has 0 aromatic heterocycles. The molecule has 126 valence electrons. The van der Waals surface area contributed by atoms with Gasteiger partial charge in [0.05, 0.1) is 15.7 Å². The zero-order valence-corrected chi connectivity index (χ0v) is 15.0. The van der Waals surface area contributed by atoms with Crippen LogP contribution in [0.1, 0.15) is 21.5 Å². The second kappa shape index (κ2) is 8.19. The van der Waals surface area contributed by atoms with Gasteiger partial charge in [-0.2, -0.15) is 0 Å². The molecule has 0 amide bonds. The van der Waals surface area contributed by atoms with Crippen molar-refractivity contribution < 1.29 is 4.79 Å². The summed E-state index contributed by atoms with van der Waals surface area (Å²) in [5, 5.41) is 0.947. The number of aldehydes is 1. The molecule has 3 rings (SSSR count). The molecule has 3 aromatic carbocycles. The Kier molecular flexibility index (Phi) is 5.75. The van der Waals surface area contributed by atoms with Gasteiger partial charge in [-0.3, -0.25) is 4.79 Å². The van der Waals surface area contributed by atoms with E-state index in [1.165, 1.54) is 0 Å². The Morgan fingerprint density at radius 1 is 0.760 bits per heavy atom. The average molecular weight is 370 g/mol. The van der Waals surface area contributed by atoms with E-state index in [2.05, 4.69) is 29.2 Å². The van der Waals surface area contributed by atoms with Gasteiger partial charge in [-0.15, -0.1) is 0 Å². The van der Waals surface area contributed by atoms with E-state index < -0.39 is 0 Å². The van der Waals surface area contributed by atoms with Gasteiger partial charge in [0.15, 0.2) is 0 Å². The molecule has 0 saturated heterocycles. The monoisotopic (exact) mass is 369 g/mol. The molecule has 0 bridgehead atoms. The molecule has 0 aliphatic carbocycles.